The fourth-order valence-corrected chi connectivity index (χ4v) is 2.77. The summed E-state index contributed by atoms with van der Waals surface area (Å²) in [5, 5.41) is 15.5. The first-order chi connectivity index (χ1) is 11.5. The summed E-state index contributed by atoms with van der Waals surface area (Å²) in [5.41, 5.74) is -0.752. The lowest BCUT2D eigenvalue weighted by molar-refractivity contribution is -0.115. The monoisotopic (exact) mass is 363 g/mol. The van der Waals surface area contributed by atoms with Crippen molar-refractivity contribution in [2.24, 2.45) is 0 Å². The molecule has 2 heterocycles. The largest absolute Gasteiger partial charge is 0.314 e. The molecule has 0 atom stereocenters. The molecule has 2 rings (SSSR count). The lowest BCUT2D eigenvalue weighted by Crippen LogP contribution is -2.24. The molecule has 8 nitrogen and oxygen atoms in total. The Bertz CT molecular complexity index is 839. The van der Waals surface area contributed by atoms with Crippen LogP contribution in [0.15, 0.2) is 27.5 Å². The zero-order valence-electron chi connectivity index (χ0n) is 12.6. The molecular weight excluding hydrogens is 350 g/mol. The number of carbonyl (C=O) groups excluding carboxylic acids is 2. The van der Waals surface area contributed by atoms with Crippen molar-refractivity contribution in [3.05, 3.63) is 32.7 Å². The summed E-state index contributed by atoms with van der Waals surface area (Å²) in [7, 11) is 0. The van der Waals surface area contributed by atoms with Gasteiger partial charge in [-0.05, 0) is 11.4 Å². The van der Waals surface area contributed by atoms with Crippen molar-refractivity contribution in [1.29, 1.82) is 5.26 Å². The van der Waals surface area contributed by atoms with Gasteiger partial charge in [0.2, 0.25) is 5.91 Å². The average Bonchev–Trinajstić information content (AvgIpc) is 3.10. The molecule has 10 heteroatoms. The second-order valence-corrected chi connectivity index (χ2v) is 6.29. The van der Waals surface area contributed by atoms with Gasteiger partial charge in [-0.2, -0.15) is 5.26 Å². The summed E-state index contributed by atoms with van der Waals surface area (Å²) in [6.07, 6.45) is 0.188. The smallest absolute Gasteiger partial charge is 0.277 e. The molecule has 0 bridgehead atoms. The number of H-pyrrole nitrogens is 1. The average molecular weight is 363 g/mol. The SMILES string of the molecule is CCC(=O)Nc1nc(SCC#N)[nH]c(=O)c1NC(=O)c1cccs1. The molecule has 0 aliphatic heterocycles. The normalized spacial score (nSPS) is 10.0. The number of anilines is 2. The predicted molar refractivity (Wildman–Crippen MR) is 92.4 cm³/mol. The number of carbonyl (C=O) groups is 2. The van der Waals surface area contributed by atoms with Gasteiger partial charge in [-0.3, -0.25) is 19.4 Å². The van der Waals surface area contributed by atoms with Crippen LogP contribution in [-0.4, -0.2) is 27.5 Å². The Morgan fingerprint density at radius 3 is 2.88 bits per heavy atom. The zero-order valence-corrected chi connectivity index (χ0v) is 14.2. The van der Waals surface area contributed by atoms with Gasteiger partial charge in [-0.1, -0.05) is 24.8 Å². The quantitative estimate of drug-likeness (QED) is 0.532. The van der Waals surface area contributed by atoms with Crippen molar-refractivity contribution < 1.29 is 9.59 Å². The van der Waals surface area contributed by atoms with E-state index < -0.39 is 11.5 Å². The molecule has 3 N–H and O–H groups in total. The van der Waals surface area contributed by atoms with E-state index in [0.29, 0.717) is 4.88 Å². The van der Waals surface area contributed by atoms with E-state index in [1.807, 2.05) is 6.07 Å². The molecule has 0 unspecified atom stereocenters. The molecule has 2 amide bonds. The number of aromatic nitrogens is 2. The third kappa shape index (κ3) is 4.43. The minimum atomic E-state index is -0.609. The molecule has 0 radical (unpaired) electrons. The molecule has 124 valence electrons. The fraction of sp³-hybridized carbons (Fsp3) is 0.214. The lowest BCUT2D eigenvalue weighted by Gasteiger charge is -2.11. The number of rotatable bonds is 6. The molecule has 0 aliphatic rings. The van der Waals surface area contributed by atoms with Crippen LogP contribution in [-0.2, 0) is 4.79 Å². The number of hydrogen-bond acceptors (Lipinski definition) is 7. The third-order valence-corrected chi connectivity index (χ3v) is 4.34. The molecule has 2 aromatic rings. The fourth-order valence-electron chi connectivity index (χ4n) is 1.63. The topological polar surface area (TPSA) is 128 Å². The standard InChI is InChI=1S/C14H13N5O3S2/c1-2-9(20)16-11-10(17-12(21)8-4-3-6-23-8)13(22)19-14(18-11)24-7-5-15/h3-4,6H,2,7H2,1H3,(H,17,21)(H2,16,18,19,20,22). The highest BCUT2D eigenvalue weighted by atomic mass is 32.2. The molecule has 0 fully saturated rings. The van der Waals surface area contributed by atoms with Gasteiger partial charge in [0.1, 0.15) is 0 Å². The summed E-state index contributed by atoms with van der Waals surface area (Å²) in [5.74, 6) is -0.779. The van der Waals surface area contributed by atoms with Crippen molar-refractivity contribution in [2.75, 3.05) is 16.4 Å². The highest BCUT2D eigenvalue weighted by molar-refractivity contribution is 7.99. The molecule has 0 saturated heterocycles. The Morgan fingerprint density at radius 2 is 2.25 bits per heavy atom. The van der Waals surface area contributed by atoms with E-state index in [4.69, 9.17) is 5.26 Å². The van der Waals surface area contributed by atoms with E-state index in [1.54, 1.807) is 24.4 Å². The van der Waals surface area contributed by atoms with Gasteiger partial charge >= 0.3 is 0 Å². The Labute approximate surface area is 145 Å². The van der Waals surface area contributed by atoms with Crippen molar-refractivity contribution in [2.45, 2.75) is 18.5 Å². The minimum Gasteiger partial charge on any atom is -0.314 e. The summed E-state index contributed by atoms with van der Waals surface area (Å²) < 4.78 is 0. The number of amides is 2. The van der Waals surface area contributed by atoms with Crippen LogP contribution in [0.5, 0.6) is 0 Å². The summed E-state index contributed by atoms with van der Waals surface area (Å²) in [6.45, 7) is 1.65. The maximum atomic E-state index is 12.2. The van der Waals surface area contributed by atoms with Gasteiger partial charge in [-0.15, -0.1) is 11.3 Å². The minimum absolute atomic E-state index is 0.0454. The van der Waals surface area contributed by atoms with Crippen molar-refractivity contribution in [1.82, 2.24) is 9.97 Å². The molecule has 0 aromatic carbocycles. The van der Waals surface area contributed by atoms with E-state index in [2.05, 4.69) is 20.6 Å². The summed E-state index contributed by atoms with van der Waals surface area (Å²) >= 11 is 2.24. The van der Waals surface area contributed by atoms with E-state index in [-0.39, 0.29) is 34.7 Å². The highest BCUT2D eigenvalue weighted by Gasteiger charge is 2.17. The third-order valence-electron chi connectivity index (χ3n) is 2.73. The summed E-state index contributed by atoms with van der Waals surface area (Å²) in [4.78, 5) is 43.0. The molecule has 0 aliphatic carbocycles. The van der Waals surface area contributed by atoms with E-state index >= 15 is 0 Å². The highest BCUT2D eigenvalue weighted by Crippen LogP contribution is 2.20. The van der Waals surface area contributed by atoms with Crippen molar-refractivity contribution in [3.8, 4) is 6.07 Å². The van der Waals surface area contributed by atoms with Crippen LogP contribution in [0.4, 0.5) is 11.5 Å². The van der Waals surface area contributed by atoms with E-state index in [9.17, 15) is 14.4 Å². The second-order valence-electron chi connectivity index (χ2n) is 4.37. The van der Waals surface area contributed by atoms with Crippen LogP contribution in [0.25, 0.3) is 0 Å². The number of thioether (sulfide) groups is 1. The maximum absolute atomic E-state index is 12.2. The number of nitriles is 1. The number of aromatic amines is 1. The molecule has 2 aromatic heterocycles. The van der Waals surface area contributed by atoms with Gasteiger partial charge in [0.05, 0.1) is 16.7 Å². The van der Waals surface area contributed by atoms with Gasteiger partial charge in [0, 0.05) is 6.42 Å². The van der Waals surface area contributed by atoms with Crippen LogP contribution in [0, 0.1) is 11.3 Å². The Morgan fingerprint density at radius 1 is 1.46 bits per heavy atom. The Balaban J connectivity index is 2.36. The van der Waals surface area contributed by atoms with Gasteiger partial charge in [-0.25, -0.2) is 4.98 Å². The summed E-state index contributed by atoms with van der Waals surface area (Å²) in [6, 6.07) is 5.24. The Hall–Kier alpha value is -2.64. The Kier molecular flexibility index (Phi) is 6.11. The lowest BCUT2D eigenvalue weighted by atomic mass is 10.3. The number of nitrogens with zero attached hydrogens (tertiary/aromatic N) is 2. The van der Waals surface area contributed by atoms with Crippen LogP contribution in [0.3, 0.4) is 0 Å². The first kappa shape index (κ1) is 17.7. The van der Waals surface area contributed by atoms with Crippen LogP contribution >= 0.6 is 23.1 Å². The molecule has 0 saturated carbocycles. The first-order valence-electron chi connectivity index (χ1n) is 6.84. The van der Waals surface area contributed by atoms with Gasteiger partial charge in [0.15, 0.2) is 16.7 Å². The molecular formula is C14H13N5O3S2. The first-order valence-corrected chi connectivity index (χ1v) is 8.70. The van der Waals surface area contributed by atoms with Crippen molar-refractivity contribution in [3.63, 3.8) is 0 Å². The van der Waals surface area contributed by atoms with Crippen LogP contribution < -0.4 is 16.2 Å². The van der Waals surface area contributed by atoms with Crippen LogP contribution in [0.1, 0.15) is 23.0 Å². The predicted octanol–water partition coefficient (Wildman–Crippen LogP) is 2.05. The van der Waals surface area contributed by atoms with Gasteiger partial charge in [0.25, 0.3) is 11.5 Å². The number of thiophene rings is 1. The van der Waals surface area contributed by atoms with E-state index in [1.165, 1.54) is 11.3 Å². The van der Waals surface area contributed by atoms with Crippen molar-refractivity contribution >= 4 is 46.4 Å². The number of nitrogens with one attached hydrogen (secondary N) is 3. The molecule has 0 spiro atoms. The zero-order chi connectivity index (χ0) is 17.5. The molecule has 24 heavy (non-hydrogen) atoms. The van der Waals surface area contributed by atoms with E-state index in [0.717, 1.165) is 11.8 Å². The maximum Gasteiger partial charge on any atom is 0.277 e. The second kappa shape index (κ2) is 8.28. The van der Waals surface area contributed by atoms with Crippen LogP contribution in [0.2, 0.25) is 0 Å². The number of hydrogen-bond donors (Lipinski definition) is 3. The van der Waals surface area contributed by atoms with Gasteiger partial charge < -0.3 is 10.6 Å².